The van der Waals surface area contributed by atoms with Crippen molar-refractivity contribution in [2.24, 2.45) is 17.3 Å². The fourth-order valence-electron chi connectivity index (χ4n) is 4.52. The Kier molecular flexibility index (Phi) is 2.32. The first kappa shape index (κ1) is 11.7. The number of aliphatic hydroxyl groups is 1. The molecule has 6 atom stereocenters. The topological polar surface area (TPSA) is 32.8 Å². The van der Waals surface area contributed by atoms with Gasteiger partial charge in [-0.3, -0.25) is 0 Å². The lowest BCUT2D eigenvalue weighted by molar-refractivity contribution is -0.0322. The molecule has 0 bridgehead atoms. The normalized spacial score (nSPS) is 56.9. The highest BCUT2D eigenvalue weighted by Crippen LogP contribution is 2.67. The van der Waals surface area contributed by atoms with E-state index < -0.39 is 0 Å². The zero-order chi connectivity index (χ0) is 12.4. The number of epoxide rings is 1. The second-order valence-corrected chi connectivity index (χ2v) is 6.79. The largest absolute Gasteiger partial charge is 0.390 e. The maximum Gasteiger partial charge on any atom is 0.114 e. The molecular weight excluding hydrogens is 212 g/mol. The molecule has 0 aromatic heterocycles. The van der Waals surface area contributed by atoms with E-state index in [0.29, 0.717) is 5.92 Å². The minimum Gasteiger partial charge on any atom is -0.390 e. The molecule has 3 aliphatic rings. The number of ether oxygens (including phenoxy) is 1. The number of rotatable bonds is 1. The third kappa shape index (κ3) is 1.29. The van der Waals surface area contributed by atoms with Gasteiger partial charge in [0, 0.05) is 11.3 Å². The molecule has 1 N–H and O–H groups in total. The summed E-state index contributed by atoms with van der Waals surface area (Å²) in [7, 11) is 0. The van der Waals surface area contributed by atoms with E-state index in [0.717, 1.165) is 18.4 Å². The highest BCUT2D eigenvalue weighted by molar-refractivity contribution is 5.25. The van der Waals surface area contributed by atoms with E-state index in [1.807, 2.05) is 6.92 Å². The average Bonchev–Trinajstić information content (AvgIpc) is 2.98. The molecule has 3 rings (SSSR count). The van der Waals surface area contributed by atoms with Crippen molar-refractivity contribution in [3.05, 3.63) is 12.2 Å². The molecule has 2 saturated carbocycles. The Bertz CT molecular complexity index is 364. The van der Waals surface area contributed by atoms with Crippen LogP contribution in [0.4, 0.5) is 0 Å². The van der Waals surface area contributed by atoms with Crippen LogP contribution in [0.5, 0.6) is 0 Å². The van der Waals surface area contributed by atoms with Gasteiger partial charge in [-0.1, -0.05) is 32.4 Å². The first-order valence-corrected chi connectivity index (χ1v) is 6.94. The van der Waals surface area contributed by atoms with Gasteiger partial charge in [-0.2, -0.15) is 0 Å². The van der Waals surface area contributed by atoms with Crippen molar-refractivity contribution in [3.8, 4) is 0 Å². The van der Waals surface area contributed by atoms with Crippen LogP contribution in [0.3, 0.4) is 0 Å². The van der Waals surface area contributed by atoms with Gasteiger partial charge in [-0.25, -0.2) is 0 Å². The highest BCUT2D eigenvalue weighted by atomic mass is 16.6. The lowest BCUT2D eigenvalue weighted by Crippen LogP contribution is -2.54. The fourth-order valence-corrected chi connectivity index (χ4v) is 4.52. The van der Waals surface area contributed by atoms with Gasteiger partial charge in [0.05, 0.1) is 6.10 Å². The molecular formula is C15H24O2. The van der Waals surface area contributed by atoms with Gasteiger partial charge >= 0.3 is 0 Å². The molecule has 3 fully saturated rings. The zero-order valence-corrected chi connectivity index (χ0v) is 11.2. The molecule has 0 aromatic carbocycles. The first-order valence-electron chi connectivity index (χ1n) is 6.94. The predicted octanol–water partition coefficient (Wildman–Crippen LogP) is 2.91. The molecule has 1 aliphatic heterocycles. The van der Waals surface area contributed by atoms with E-state index >= 15 is 0 Å². The molecule has 6 unspecified atom stereocenters. The highest BCUT2D eigenvalue weighted by Gasteiger charge is 2.74. The molecule has 0 aromatic rings. The van der Waals surface area contributed by atoms with Crippen LogP contribution in [0, 0.1) is 17.3 Å². The van der Waals surface area contributed by atoms with Crippen molar-refractivity contribution >= 4 is 0 Å². The van der Waals surface area contributed by atoms with Crippen molar-refractivity contribution in [1.82, 2.24) is 0 Å². The minimum atomic E-state index is -0.328. The summed E-state index contributed by atoms with van der Waals surface area (Å²) < 4.78 is 6.04. The monoisotopic (exact) mass is 236 g/mol. The van der Waals surface area contributed by atoms with Crippen LogP contribution < -0.4 is 0 Å². The quantitative estimate of drug-likeness (QED) is 0.561. The van der Waals surface area contributed by atoms with E-state index in [4.69, 9.17) is 4.74 Å². The van der Waals surface area contributed by atoms with Gasteiger partial charge in [-0.15, -0.1) is 0 Å². The van der Waals surface area contributed by atoms with Gasteiger partial charge < -0.3 is 9.84 Å². The van der Waals surface area contributed by atoms with Crippen molar-refractivity contribution in [3.63, 3.8) is 0 Å². The minimum absolute atomic E-state index is 0.00394. The van der Waals surface area contributed by atoms with Crippen LogP contribution in [0.15, 0.2) is 12.2 Å². The smallest absolute Gasteiger partial charge is 0.114 e. The fraction of sp³-hybridized carbons (Fsp3) is 0.867. The Morgan fingerprint density at radius 2 is 2.18 bits per heavy atom. The second-order valence-electron chi connectivity index (χ2n) is 6.79. The van der Waals surface area contributed by atoms with Gasteiger partial charge in [0.15, 0.2) is 0 Å². The number of hydrogen-bond acceptors (Lipinski definition) is 2. The Balaban J connectivity index is 1.97. The van der Waals surface area contributed by atoms with Crippen molar-refractivity contribution < 1.29 is 9.84 Å². The number of hydrogen-bond donors (Lipinski definition) is 1. The lowest BCUT2D eigenvalue weighted by Gasteiger charge is -2.50. The average molecular weight is 236 g/mol. The third-order valence-electron chi connectivity index (χ3n) is 5.98. The van der Waals surface area contributed by atoms with E-state index in [-0.39, 0.29) is 29.1 Å². The molecule has 17 heavy (non-hydrogen) atoms. The van der Waals surface area contributed by atoms with Crippen molar-refractivity contribution in [1.29, 1.82) is 0 Å². The third-order valence-corrected chi connectivity index (χ3v) is 5.98. The van der Waals surface area contributed by atoms with Crippen LogP contribution in [0.2, 0.25) is 0 Å². The van der Waals surface area contributed by atoms with Gasteiger partial charge in [0.2, 0.25) is 0 Å². The Morgan fingerprint density at radius 1 is 1.47 bits per heavy atom. The molecule has 0 amide bonds. The summed E-state index contributed by atoms with van der Waals surface area (Å²) >= 11 is 0. The summed E-state index contributed by atoms with van der Waals surface area (Å²) in [6.45, 7) is 10.8. The number of aliphatic hydroxyl groups excluding tert-OH is 1. The molecule has 1 heterocycles. The Hall–Kier alpha value is -0.340. The summed E-state index contributed by atoms with van der Waals surface area (Å²) in [6.07, 6.45) is 4.47. The Morgan fingerprint density at radius 3 is 2.82 bits per heavy atom. The second kappa shape index (κ2) is 3.36. The summed E-state index contributed by atoms with van der Waals surface area (Å²) in [6, 6.07) is 0. The maximum absolute atomic E-state index is 10.4. The molecule has 96 valence electrons. The van der Waals surface area contributed by atoms with Crippen LogP contribution in [-0.2, 0) is 4.74 Å². The van der Waals surface area contributed by atoms with E-state index in [1.54, 1.807) is 0 Å². The predicted molar refractivity (Wildman–Crippen MR) is 67.7 cm³/mol. The Labute approximate surface area is 104 Å². The SMILES string of the molecule is C=C(C)C1CC2(C)C(C)CCCC23OC3C1O. The molecule has 2 nitrogen and oxygen atoms in total. The van der Waals surface area contributed by atoms with Gasteiger partial charge in [-0.05, 0) is 32.1 Å². The summed E-state index contributed by atoms with van der Waals surface area (Å²) in [4.78, 5) is 0. The molecule has 2 heteroatoms. The summed E-state index contributed by atoms with van der Waals surface area (Å²) in [5.41, 5.74) is 1.34. The van der Waals surface area contributed by atoms with Crippen LogP contribution in [0.1, 0.15) is 46.5 Å². The summed E-state index contributed by atoms with van der Waals surface area (Å²) in [5.74, 6) is 0.914. The molecule has 2 aliphatic carbocycles. The lowest BCUT2D eigenvalue weighted by atomic mass is 9.52. The summed E-state index contributed by atoms with van der Waals surface area (Å²) in [5, 5.41) is 10.4. The van der Waals surface area contributed by atoms with Gasteiger partial charge in [0.1, 0.15) is 11.7 Å². The first-order chi connectivity index (χ1) is 7.92. The van der Waals surface area contributed by atoms with E-state index in [1.165, 1.54) is 12.8 Å². The molecule has 1 saturated heterocycles. The van der Waals surface area contributed by atoms with E-state index in [9.17, 15) is 5.11 Å². The maximum atomic E-state index is 10.4. The standard InChI is InChI=1S/C15H24O2/c1-9(2)11-8-14(4)10(3)6-5-7-15(14)13(17-15)12(11)16/h10-13,16H,1,5-8H2,2-4H3. The molecule has 1 spiro atoms. The molecule has 0 radical (unpaired) electrons. The van der Waals surface area contributed by atoms with Crippen molar-refractivity contribution in [2.75, 3.05) is 0 Å². The van der Waals surface area contributed by atoms with E-state index in [2.05, 4.69) is 20.4 Å². The van der Waals surface area contributed by atoms with Crippen LogP contribution >= 0.6 is 0 Å². The zero-order valence-electron chi connectivity index (χ0n) is 11.2. The van der Waals surface area contributed by atoms with Gasteiger partial charge in [0.25, 0.3) is 0 Å². The van der Waals surface area contributed by atoms with Crippen molar-refractivity contribution in [2.45, 2.75) is 64.3 Å². The van der Waals surface area contributed by atoms with Crippen LogP contribution in [0.25, 0.3) is 0 Å². The van der Waals surface area contributed by atoms with Crippen LogP contribution in [-0.4, -0.2) is 22.9 Å².